The van der Waals surface area contributed by atoms with Crippen LogP contribution in [0.25, 0.3) is 0 Å². The second-order valence-corrected chi connectivity index (χ2v) is 5.09. The molecule has 4 heteroatoms. The van der Waals surface area contributed by atoms with Crippen molar-refractivity contribution in [3.8, 4) is 0 Å². The van der Waals surface area contributed by atoms with E-state index in [1.54, 1.807) is 6.20 Å². The predicted octanol–water partition coefficient (Wildman–Crippen LogP) is 4.13. The summed E-state index contributed by atoms with van der Waals surface area (Å²) < 4.78 is 0.990. The van der Waals surface area contributed by atoms with E-state index < -0.39 is 0 Å². The SMILES string of the molecule is CN(Cc1cccc(Cl)c1)c1ncccc1Br. The van der Waals surface area contributed by atoms with Crippen LogP contribution in [0.3, 0.4) is 0 Å². The first-order chi connectivity index (χ1) is 8.16. The molecule has 0 bridgehead atoms. The van der Waals surface area contributed by atoms with Gasteiger partial charge in [0.25, 0.3) is 0 Å². The van der Waals surface area contributed by atoms with Crippen molar-refractivity contribution in [2.24, 2.45) is 0 Å². The van der Waals surface area contributed by atoms with E-state index in [0.29, 0.717) is 0 Å². The quantitative estimate of drug-likeness (QED) is 0.847. The number of anilines is 1. The maximum absolute atomic E-state index is 5.96. The van der Waals surface area contributed by atoms with Crippen LogP contribution in [0.4, 0.5) is 5.82 Å². The van der Waals surface area contributed by atoms with Crippen molar-refractivity contribution in [2.45, 2.75) is 6.54 Å². The maximum Gasteiger partial charge on any atom is 0.142 e. The van der Waals surface area contributed by atoms with E-state index in [1.807, 2.05) is 37.4 Å². The lowest BCUT2D eigenvalue weighted by Gasteiger charge is -2.19. The molecule has 2 rings (SSSR count). The molecule has 0 radical (unpaired) electrons. The van der Waals surface area contributed by atoms with Gasteiger partial charge in [-0.15, -0.1) is 0 Å². The van der Waals surface area contributed by atoms with Crippen LogP contribution in [0.2, 0.25) is 5.02 Å². The van der Waals surface area contributed by atoms with Gasteiger partial charge in [-0.05, 0) is 45.8 Å². The third-order valence-electron chi connectivity index (χ3n) is 2.41. The molecule has 0 aliphatic rings. The van der Waals surface area contributed by atoms with Gasteiger partial charge in [0.15, 0.2) is 0 Å². The Morgan fingerprint density at radius 3 is 2.82 bits per heavy atom. The molecule has 2 nitrogen and oxygen atoms in total. The monoisotopic (exact) mass is 310 g/mol. The van der Waals surface area contributed by atoms with Crippen molar-refractivity contribution in [3.05, 3.63) is 57.7 Å². The van der Waals surface area contributed by atoms with Crippen molar-refractivity contribution in [3.63, 3.8) is 0 Å². The van der Waals surface area contributed by atoms with Crippen LogP contribution >= 0.6 is 27.5 Å². The lowest BCUT2D eigenvalue weighted by molar-refractivity contribution is 0.894. The summed E-state index contributed by atoms with van der Waals surface area (Å²) in [6, 6.07) is 11.7. The van der Waals surface area contributed by atoms with Gasteiger partial charge in [0.2, 0.25) is 0 Å². The minimum atomic E-state index is 0.760. The number of halogens is 2. The normalized spacial score (nSPS) is 10.3. The van der Waals surface area contributed by atoms with Gasteiger partial charge in [0, 0.05) is 24.8 Å². The molecule has 1 aromatic heterocycles. The van der Waals surface area contributed by atoms with Crippen LogP contribution in [0, 0.1) is 0 Å². The zero-order valence-corrected chi connectivity index (χ0v) is 11.7. The highest BCUT2D eigenvalue weighted by Crippen LogP contribution is 2.23. The smallest absolute Gasteiger partial charge is 0.142 e. The molecule has 0 saturated heterocycles. The molecule has 0 unspecified atom stereocenters. The number of pyridine rings is 1. The molecule has 0 spiro atoms. The first-order valence-electron chi connectivity index (χ1n) is 5.23. The molecule has 0 aliphatic heterocycles. The van der Waals surface area contributed by atoms with Gasteiger partial charge in [0.05, 0.1) is 4.47 Å². The summed E-state index contributed by atoms with van der Waals surface area (Å²) in [5.74, 6) is 0.924. The molecule has 0 amide bonds. The molecule has 0 N–H and O–H groups in total. The van der Waals surface area contributed by atoms with Crippen LogP contribution < -0.4 is 4.90 Å². The highest BCUT2D eigenvalue weighted by molar-refractivity contribution is 9.10. The molecular weight excluding hydrogens is 300 g/mol. The van der Waals surface area contributed by atoms with Gasteiger partial charge >= 0.3 is 0 Å². The maximum atomic E-state index is 5.96. The molecule has 0 saturated carbocycles. The fourth-order valence-corrected chi connectivity index (χ4v) is 2.41. The van der Waals surface area contributed by atoms with Crippen LogP contribution in [0.1, 0.15) is 5.56 Å². The van der Waals surface area contributed by atoms with E-state index in [9.17, 15) is 0 Å². The Kier molecular flexibility index (Phi) is 4.02. The summed E-state index contributed by atoms with van der Waals surface area (Å²) in [5.41, 5.74) is 1.16. The molecule has 1 heterocycles. The van der Waals surface area contributed by atoms with Crippen molar-refractivity contribution in [2.75, 3.05) is 11.9 Å². The average Bonchev–Trinajstić information content (AvgIpc) is 2.29. The minimum Gasteiger partial charge on any atom is -0.354 e. The topological polar surface area (TPSA) is 16.1 Å². The van der Waals surface area contributed by atoms with E-state index in [0.717, 1.165) is 27.4 Å². The van der Waals surface area contributed by atoms with Crippen molar-refractivity contribution < 1.29 is 0 Å². The lowest BCUT2D eigenvalue weighted by Crippen LogP contribution is -2.18. The predicted molar refractivity (Wildman–Crippen MR) is 75.5 cm³/mol. The van der Waals surface area contributed by atoms with Crippen molar-refractivity contribution in [1.29, 1.82) is 0 Å². The minimum absolute atomic E-state index is 0.760. The number of hydrogen-bond acceptors (Lipinski definition) is 2. The van der Waals surface area contributed by atoms with Gasteiger partial charge in [0.1, 0.15) is 5.82 Å². The molecule has 0 fully saturated rings. The highest BCUT2D eigenvalue weighted by atomic mass is 79.9. The summed E-state index contributed by atoms with van der Waals surface area (Å²) >= 11 is 9.46. The summed E-state index contributed by atoms with van der Waals surface area (Å²) in [6.07, 6.45) is 1.79. The second-order valence-electron chi connectivity index (χ2n) is 3.79. The van der Waals surface area contributed by atoms with Crippen LogP contribution in [-0.4, -0.2) is 12.0 Å². The number of hydrogen-bond donors (Lipinski definition) is 0. The molecular formula is C13H12BrClN2. The standard InChI is InChI=1S/C13H12BrClN2/c1-17(13-12(14)6-3-7-16-13)9-10-4-2-5-11(15)8-10/h2-8H,9H2,1H3. The molecule has 0 atom stereocenters. The summed E-state index contributed by atoms with van der Waals surface area (Å²) in [6.45, 7) is 0.774. The van der Waals surface area contributed by atoms with E-state index >= 15 is 0 Å². The van der Waals surface area contributed by atoms with Crippen LogP contribution in [-0.2, 0) is 6.54 Å². The van der Waals surface area contributed by atoms with E-state index in [1.165, 1.54) is 0 Å². The Morgan fingerprint density at radius 2 is 2.12 bits per heavy atom. The number of aromatic nitrogens is 1. The Bertz CT molecular complexity index is 516. The molecule has 17 heavy (non-hydrogen) atoms. The van der Waals surface area contributed by atoms with Gasteiger partial charge in [-0.25, -0.2) is 4.98 Å². The fourth-order valence-electron chi connectivity index (χ4n) is 1.64. The Labute approximate surface area is 114 Å². The van der Waals surface area contributed by atoms with E-state index in [2.05, 4.69) is 31.9 Å². The first-order valence-corrected chi connectivity index (χ1v) is 6.40. The largest absolute Gasteiger partial charge is 0.354 e. The highest BCUT2D eigenvalue weighted by Gasteiger charge is 2.07. The van der Waals surface area contributed by atoms with E-state index in [-0.39, 0.29) is 0 Å². The van der Waals surface area contributed by atoms with Gasteiger partial charge in [-0.3, -0.25) is 0 Å². The molecule has 0 aliphatic carbocycles. The van der Waals surface area contributed by atoms with Crippen LogP contribution in [0.5, 0.6) is 0 Å². The lowest BCUT2D eigenvalue weighted by atomic mass is 10.2. The fraction of sp³-hybridized carbons (Fsp3) is 0.154. The summed E-state index contributed by atoms with van der Waals surface area (Å²) in [4.78, 5) is 6.42. The Morgan fingerprint density at radius 1 is 1.29 bits per heavy atom. The number of benzene rings is 1. The molecule has 88 valence electrons. The van der Waals surface area contributed by atoms with Gasteiger partial charge in [-0.2, -0.15) is 0 Å². The van der Waals surface area contributed by atoms with E-state index in [4.69, 9.17) is 11.6 Å². The third kappa shape index (κ3) is 3.20. The van der Waals surface area contributed by atoms with Gasteiger partial charge < -0.3 is 4.90 Å². The zero-order chi connectivity index (χ0) is 12.3. The van der Waals surface area contributed by atoms with Crippen molar-refractivity contribution in [1.82, 2.24) is 4.98 Å². The number of nitrogens with zero attached hydrogens (tertiary/aromatic N) is 2. The van der Waals surface area contributed by atoms with Crippen molar-refractivity contribution >= 4 is 33.3 Å². The summed E-state index contributed by atoms with van der Waals surface area (Å²) in [5, 5.41) is 0.760. The molecule has 2 aromatic rings. The number of rotatable bonds is 3. The Balaban J connectivity index is 2.17. The third-order valence-corrected chi connectivity index (χ3v) is 3.26. The average molecular weight is 312 g/mol. The Hall–Kier alpha value is -1.06. The summed E-state index contributed by atoms with van der Waals surface area (Å²) in [7, 11) is 2.01. The second kappa shape index (κ2) is 5.52. The van der Waals surface area contributed by atoms with Gasteiger partial charge in [-0.1, -0.05) is 23.7 Å². The first kappa shape index (κ1) is 12.4. The van der Waals surface area contributed by atoms with Crippen LogP contribution in [0.15, 0.2) is 47.1 Å². The zero-order valence-electron chi connectivity index (χ0n) is 9.40. The molecule has 1 aromatic carbocycles.